The summed E-state index contributed by atoms with van der Waals surface area (Å²) in [6.07, 6.45) is 0. The predicted molar refractivity (Wildman–Crippen MR) is 81.3 cm³/mol. The fourth-order valence-corrected chi connectivity index (χ4v) is 3.08. The van der Waals surface area contributed by atoms with Gasteiger partial charge in [0.15, 0.2) is 0 Å². The van der Waals surface area contributed by atoms with Crippen molar-refractivity contribution in [3.8, 4) is 0 Å². The number of halogens is 2. The number of aryl methyl sites for hydroxylation is 2. The third kappa shape index (κ3) is 4.33. The van der Waals surface area contributed by atoms with Gasteiger partial charge in [0.05, 0.1) is 27.3 Å². The van der Waals surface area contributed by atoms with Gasteiger partial charge in [-0.05, 0) is 36.8 Å². The maximum atomic E-state index is 5.13. The maximum Gasteiger partial charge on any atom is 0.0739 e. The van der Waals surface area contributed by atoms with Crippen molar-refractivity contribution in [1.82, 2.24) is 14.7 Å². The molecule has 0 aliphatic rings. The van der Waals surface area contributed by atoms with Gasteiger partial charge in [-0.15, -0.1) is 0 Å². The van der Waals surface area contributed by atoms with Crippen LogP contribution in [0.3, 0.4) is 0 Å². The summed E-state index contributed by atoms with van der Waals surface area (Å²) in [5, 5.41) is 4.50. The van der Waals surface area contributed by atoms with Crippen LogP contribution in [-0.2, 0) is 17.8 Å². The first kappa shape index (κ1) is 16.1. The Morgan fingerprint density at radius 3 is 2.72 bits per heavy atom. The zero-order valence-electron chi connectivity index (χ0n) is 11.4. The summed E-state index contributed by atoms with van der Waals surface area (Å²) in [7, 11) is 3.83. The largest absolute Gasteiger partial charge is 0.383 e. The molecule has 1 atom stereocenters. The maximum absolute atomic E-state index is 5.13. The van der Waals surface area contributed by atoms with Crippen molar-refractivity contribution in [2.24, 2.45) is 0 Å². The van der Waals surface area contributed by atoms with Crippen LogP contribution in [0.2, 0.25) is 0 Å². The quantitative estimate of drug-likeness (QED) is 0.679. The molecule has 4 nitrogen and oxygen atoms in total. The lowest BCUT2D eigenvalue weighted by molar-refractivity contribution is 0.184. The molecule has 0 aliphatic heterocycles. The Labute approximate surface area is 126 Å². The number of ether oxygens (including phenoxy) is 1. The third-order valence-electron chi connectivity index (χ3n) is 2.73. The molecular weight excluding hydrogens is 362 g/mol. The zero-order valence-corrected chi connectivity index (χ0v) is 14.6. The van der Waals surface area contributed by atoms with Gasteiger partial charge in [0.25, 0.3) is 0 Å². The summed E-state index contributed by atoms with van der Waals surface area (Å²) in [4.78, 5) is 2.62. The molecule has 1 aromatic heterocycles. The second-order valence-corrected chi connectivity index (χ2v) is 6.50. The number of methoxy groups -OCH3 is 1. The Morgan fingerprint density at radius 2 is 2.17 bits per heavy atom. The van der Waals surface area contributed by atoms with E-state index in [2.05, 4.69) is 60.5 Å². The Balaban J connectivity index is 2.66. The highest BCUT2D eigenvalue weighted by molar-refractivity contribution is 9.10. The molecule has 0 fully saturated rings. The van der Waals surface area contributed by atoms with Gasteiger partial charge in [-0.1, -0.05) is 15.9 Å². The Bertz CT molecular complexity index is 382. The number of hydrogen-bond acceptors (Lipinski definition) is 3. The fraction of sp³-hybridized carbons (Fsp3) is 0.750. The van der Waals surface area contributed by atoms with Crippen LogP contribution >= 0.6 is 31.9 Å². The topological polar surface area (TPSA) is 30.3 Å². The molecular formula is C12H21Br2N3O. The summed E-state index contributed by atoms with van der Waals surface area (Å²) >= 11 is 7.23. The van der Waals surface area contributed by atoms with E-state index in [0.717, 1.165) is 36.4 Å². The fourth-order valence-electron chi connectivity index (χ4n) is 1.91. The minimum Gasteiger partial charge on any atom is -0.383 e. The van der Waals surface area contributed by atoms with Crippen LogP contribution in [0.15, 0.2) is 4.47 Å². The molecule has 0 bridgehead atoms. The van der Waals surface area contributed by atoms with Gasteiger partial charge >= 0.3 is 0 Å². The lowest BCUT2D eigenvalue weighted by atomic mass is 10.3. The van der Waals surface area contributed by atoms with Crippen molar-refractivity contribution < 1.29 is 4.74 Å². The Kier molecular flexibility index (Phi) is 6.84. The lowest BCUT2D eigenvalue weighted by Gasteiger charge is -2.20. The van der Waals surface area contributed by atoms with E-state index in [9.17, 15) is 0 Å². The van der Waals surface area contributed by atoms with Crippen molar-refractivity contribution in [3.05, 3.63) is 15.9 Å². The molecule has 1 heterocycles. The van der Waals surface area contributed by atoms with Gasteiger partial charge in [-0.25, -0.2) is 0 Å². The lowest BCUT2D eigenvalue weighted by Crippen LogP contribution is -2.29. The van der Waals surface area contributed by atoms with Crippen molar-refractivity contribution in [1.29, 1.82) is 0 Å². The van der Waals surface area contributed by atoms with Crippen molar-refractivity contribution in [2.75, 3.05) is 27.3 Å². The number of rotatable bonds is 7. The molecule has 0 saturated carbocycles. The van der Waals surface area contributed by atoms with Gasteiger partial charge in [-0.2, -0.15) is 5.10 Å². The van der Waals surface area contributed by atoms with E-state index in [1.54, 1.807) is 7.11 Å². The molecule has 0 radical (unpaired) electrons. The van der Waals surface area contributed by atoms with E-state index < -0.39 is 0 Å². The first-order valence-electron chi connectivity index (χ1n) is 6.02. The van der Waals surface area contributed by atoms with Crippen molar-refractivity contribution in [2.45, 2.75) is 31.8 Å². The highest BCUT2D eigenvalue weighted by Gasteiger charge is 2.15. The van der Waals surface area contributed by atoms with Crippen LogP contribution in [0.25, 0.3) is 0 Å². The van der Waals surface area contributed by atoms with E-state index in [4.69, 9.17) is 4.74 Å². The number of hydrogen-bond donors (Lipinski definition) is 0. The average molecular weight is 383 g/mol. The zero-order chi connectivity index (χ0) is 13.7. The van der Waals surface area contributed by atoms with E-state index in [1.165, 1.54) is 5.69 Å². The number of nitrogens with zero attached hydrogens (tertiary/aromatic N) is 3. The normalized spacial score (nSPS) is 13.3. The summed E-state index contributed by atoms with van der Waals surface area (Å²) < 4.78 is 8.30. The SMILES string of the molecule is CCn1nc(C)c(Br)c1CN(C)CC(Br)COC. The van der Waals surface area contributed by atoms with Crippen LogP contribution in [-0.4, -0.2) is 46.8 Å². The van der Waals surface area contributed by atoms with E-state index in [1.807, 2.05) is 6.92 Å². The first-order valence-corrected chi connectivity index (χ1v) is 7.73. The van der Waals surface area contributed by atoms with E-state index in [-0.39, 0.29) is 0 Å². The molecule has 1 unspecified atom stereocenters. The monoisotopic (exact) mass is 381 g/mol. The molecule has 0 N–H and O–H groups in total. The summed E-state index contributed by atoms with van der Waals surface area (Å²) in [5.41, 5.74) is 2.28. The molecule has 18 heavy (non-hydrogen) atoms. The highest BCUT2D eigenvalue weighted by atomic mass is 79.9. The molecule has 1 rings (SSSR count). The molecule has 0 amide bonds. The molecule has 104 valence electrons. The minimum absolute atomic E-state index is 0.352. The van der Waals surface area contributed by atoms with Crippen LogP contribution in [0.4, 0.5) is 0 Å². The smallest absolute Gasteiger partial charge is 0.0739 e. The van der Waals surface area contributed by atoms with Crippen LogP contribution in [0, 0.1) is 6.92 Å². The summed E-state index contributed by atoms with van der Waals surface area (Å²) in [5.74, 6) is 0. The molecule has 0 aromatic carbocycles. The van der Waals surface area contributed by atoms with Gasteiger partial charge < -0.3 is 4.74 Å². The second-order valence-electron chi connectivity index (χ2n) is 4.41. The molecule has 1 aromatic rings. The van der Waals surface area contributed by atoms with Crippen LogP contribution in [0.5, 0.6) is 0 Å². The van der Waals surface area contributed by atoms with E-state index in [0.29, 0.717) is 4.83 Å². The molecule has 0 spiro atoms. The average Bonchev–Trinajstić information content (AvgIpc) is 2.57. The summed E-state index contributed by atoms with van der Waals surface area (Å²) in [6, 6.07) is 0. The van der Waals surface area contributed by atoms with Crippen LogP contribution < -0.4 is 0 Å². The van der Waals surface area contributed by atoms with Gasteiger partial charge in [0, 0.05) is 26.7 Å². The van der Waals surface area contributed by atoms with Gasteiger partial charge in [0.2, 0.25) is 0 Å². The number of aromatic nitrogens is 2. The number of alkyl halides is 1. The Morgan fingerprint density at radius 1 is 1.50 bits per heavy atom. The third-order valence-corrected chi connectivity index (χ3v) is 4.32. The first-order chi connectivity index (χ1) is 8.49. The molecule has 0 aliphatic carbocycles. The van der Waals surface area contributed by atoms with Gasteiger partial charge in [-0.3, -0.25) is 9.58 Å². The Hall–Kier alpha value is 0.0900. The van der Waals surface area contributed by atoms with Crippen LogP contribution in [0.1, 0.15) is 18.3 Å². The minimum atomic E-state index is 0.352. The highest BCUT2D eigenvalue weighted by Crippen LogP contribution is 2.22. The van der Waals surface area contributed by atoms with Crippen molar-refractivity contribution in [3.63, 3.8) is 0 Å². The van der Waals surface area contributed by atoms with Gasteiger partial charge in [0.1, 0.15) is 0 Å². The summed E-state index contributed by atoms with van der Waals surface area (Å²) in [6.45, 7) is 7.57. The standard InChI is InChI=1S/C12H21Br2N3O/c1-5-17-11(12(14)9(2)15-17)7-16(3)6-10(13)8-18-4/h10H,5-8H2,1-4H3. The predicted octanol–water partition coefficient (Wildman–Crippen LogP) is 2.82. The van der Waals surface area contributed by atoms with Crippen molar-refractivity contribution >= 4 is 31.9 Å². The molecule has 6 heteroatoms. The molecule has 0 saturated heterocycles. The van der Waals surface area contributed by atoms with E-state index >= 15 is 0 Å². The second kappa shape index (κ2) is 7.62.